The van der Waals surface area contributed by atoms with E-state index in [1.165, 1.54) is 244 Å². The van der Waals surface area contributed by atoms with Crippen LogP contribution < -0.4 is 0 Å². The van der Waals surface area contributed by atoms with Gasteiger partial charge in [-0.25, -0.2) is 9.13 Å². The highest BCUT2D eigenvalue weighted by molar-refractivity contribution is 7.47. The summed E-state index contributed by atoms with van der Waals surface area (Å²) in [5, 5.41) is 10.6. The van der Waals surface area contributed by atoms with Gasteiger partial charge in [0.2, 0.25) is 0 Å². The van der Waals surface area contributed by atoms with E-state index in [0.29, 0.717) is 25.7 Å². The number of hydrogen-bond donors (Lipinski definition) is 3. The molecule has 0 fully saturated rings. The fraction of sp³-hybridized carbons (Fsp3) is 0.949. The van der Waals surface area contributed by atoms with Gasteiger partial charge in [0.15, 0.2) is 12.2 Å². The van der Waals surface area contributed by atoms with Crippen LogP contribution >= 0.6 is 15.6 Å². The average Bonchev–Trinajstić information content (AvgIpc) is 1.02. The molecular weight excluding hydrogens is 1280 g/mol. The number of unbranched alkanes of at least 4 members (excludes halogenated alkanes) is 51. The van der Waals surface area contributed by atoms with Crippen molar-refractivity contribution in [3.8, 4) is 0 Å². The van der Waals surface area contributed by atoms with Gasteiger partial charge < -0.3 is 33.8 Å². The molecule has 0 aromatic carbocycles. The Bertz CT molecular complexity index is 1870. The molecule has 3 N–H and O–H groups in total. The smallest absolute Gasteiger partial charge is 0.462 e. The maximum atomic E-state index is 13.1. The first-order valence-corrected chi connectivity index (χ1v) is 44.1. The van der Waals surface area contributed by atoms with Crippen LogP contribution in [0.2, 0.25) is 0 Å². The number of carbonyl (C=O) groups is 4. The lowest BCUT2D eigenvalue weighted by Gasteiger charge is -2.21. The first-order valence-electron chi connectivity index (χ1n) is 41.1. The Morgan fingerprint density at radius 3 is 0.694 bits per heavy atom. The highest BCUT2D eigenvalue weighted by Crippen LogP contribution is 2.45. The van der Waals surface area contributed by atoms with E-state index < -0.39 is 97.5 Å². The largest absolute Gasteiger partial charge is 0.472 e. The molecule has 0 aliphatic rings. The number of aliphatic hydroxyl groups excluding tert-OH is 1. The van der Waals surface area contributed by atoms with Crippen LogP contribution in [0.1, 0.15) is 420 Å². The van der Waals surface area contributed by atoms with Crippen LogP contribution in [0.5, 0.6) is 0 Å². The number of carbonyl (C=O) groups excluding carboxylic acids is 4. The SMILES string of the molecule is CCCCCCCCCCCCCCCCCCCCCCCC(=O)O[C@H](COC(=O)CCCCCCCCCCCCC(C)C)COP(=O)(O)OC[C@@H](O)COP(=O)(O)OC[C@@H](COC(=O)CCCCCCCCCCCCC)OC(=O)CCCCCCCCCCCCCCC. The second kappa shape index (κ2) is 72.0. The number of hydrogen-bond acceptors (Lipinski definition) is 15. The van der Waals surface area contributed by atoms with Crippen LogP contribution in [0.25, 0.3) is 0 Å². The van der Waals surface area contributed by atoms with Gasteiger partial charge in [0.05, 0.1) is 26.4 Å². The maximum Gasteiger partial charge on any atom is 0.472 e. The number of esters is 4. The van der Waals surface area contributed by atoms with Crippen LogP contribution in [-0.4, -0.2) is 96.7 Å². The van der Waals surface area contributed by atoms with Gasteiger partial charge in [0.1, 0.15) is 19.3 Å². The second-order valence-corrected chi connectivity index (χ2v) is 31.8. The number of aliphatic hydroxyl groups is 1. The summed E-state index contributed by atoms with van der Waals surface area (Å²) in [4.78, 5) is 72.9. The molecule has 98 heavy (non-hydrogen) atoms. The molecular formula is C79H154O17P2. The van der Waals surface area contributed by atoms with Crippen molar-refractivity contribution < 1.29 is 80.2 Å². The lowest BCUT2D eigenvalue weighted by atomic mass is 10.0. The molecule has 0 saturated carbocycles. The van der Waals surface area contributed by atoms with Crippen LogP contribution in [0.4, 0.5) is 0 Å². The van der Waals surface area contributed by atoms with Crippen molar-refractivity contribution in [2.45, 2.75) is 438 Å². The Labute approximate surface area is 600 Å². The Morgan fingerprint density at radius 2 is 0.469 bits per heavy atom. The van der Waals surface area contributed by atoms with E-state index in [0.717, 1.165) is 95.8 Å². The summed E-state index contributed by atoms with van der Waals surface area (Å²) in [5.41, 5.74) is 0. The van der Waals surface area contributed by atoms with Crippen molar-refractivity contribution in [1.29, 1.82) is 0 Å². The average molecular weight is 1440 g/mol. The number of phosphoric ester groups is 2. The van der Waals surface area contributed by atoms with Crippen LogP contribution in [-0.2, 0) is 65.4 Å². The van der Waals surface area contributed by atoms with E-state index in [1.807, 2.05) is 0 Å². The van der Waals surface area contributed by atoms with Crippen LogP contribution in [0, 0.1) is 5.92 Å². The first kappa shape index (κ1) is 96.1. The Balaban J connectivity index is 5.21. The van der Waals surface area contributed by atoms with Gasteiger partial charge in [-0.1, -0.05) is 369 Å². The molecule has 19 heteroatoms. The van der Waals surface area contributed by atoms with Gasteiger partial charge >= 0.3 is 39.5 Å². The van der Waals surface area contributed by atoms with Gasteiger partial charge in [-0.2, -0.15) is 0 Å². The van der Waals surface area contributed by atoms with E-state index in [9.17, 15) is 43.2 Å². The molecule has 0 rings (SSSR count). The van der Waals surface area contributed by atoms with E-state index in [2.05, 4.69) is 34.6 Å². The lowest BCUT2D eigenvalue weighted by molar-refractivity contribution is -0.161. The minimum atomic E-state index is -4.96. The summed E-state index contributed by atoms with van der Waals surface area (Å²) in [6.45, 7) is 7.31. The number of ether oxygens (including phenoxy) is 4. The fourth-order valence-electron chi connectivity index (χ4n) is 12.2. The van der Waals surface area contributed by atoms with E-state index >= 15 is 0 Å². The maximum absolute atomic E-state index is 13.1. The number of phosphoric acid groups is 2. The third-order valence-corrected chi connectivity index (χ3v) is 20.4. The van der Waals surface area contributed by atoms with Gasteiger partial charge in [-0.3, -0.25) is 37.3 Å². The molecule has 0 radical (unpaired) electrons. The molecule has 0 spiro atoms. The van der Waals surface area contributed by atoms with E-state index in [-0.39, 0.29) is 25.7 Å². The predicted molar refractivity (Wildman–Crippen MR) is 400 cm³/mol. The lowest BCUT2D eigenvalue weighted by Crippen LogP contribution is -2.30. The third kappa shape index (κ3) is 72.4. The molecule has 17 nitrogen and oxygen atoms in total. The first-order chi connectivity index (χ1) is 47.5. The van der Waals surface area contributed by atoms with Crippen molar-refractivity contribution in [3.05, 3.63) is 0 Å². The predicted octanol–water partition coefficient (Wildman–Crippen LogP) is 23.6. The monoisotopic (exact) mass is 1440 g/mol. The molecule has 0 aliphatic carbocycles. The molecule has 0 aromatic rings. The molecule has 0 bridgehead atoms. The molecule has 5 atom stereocenters. The molecule has 0 aromatic heterocycles. The zero-order chi connectivity index (χ0) is 71.9. The van der Waals surface area contributed by atoms with Crippen LogP contribution in [0.3, 0.4) is 0 Å². The van der Waals surface area contributed by atoms with E-state index in [1.54, 1.807) is 0 Å². The summed E-state index contributed by atoms with van der Waals surface area (Å²) in [5.74, 6) is -1.35. The summed E-state index contributed by atoms with van der Waals surface area (Å²) in [7, 11) is -9.91. The molecule has 0 aliphatic heterocycles. The summed E-state index contributed by atoms with van der Waals surface area (Å²) < 4.78 is 68.6. The topological polar surface area (TPSA) is 237 Å². The zero-order valence-electron chi connectivity index (χ0n) is 63.9. The minimum Gasteiger partial charge on any atom is -0.462 e. The zero-order valence-corrected chi connectivity index (χ0v) is 65.7. The summed E-state index contributed by atoms with van der Waals surface area (Å²) >= 11 is 0. The fourth-order valence-corrected chi connectivity index (χ4v) is 13.8. The summed E-state index contributed by atoms with van der Waals surface area (Å²) in [6, 6.07) is 0. The Kier molecular flexibility index (Phi) is 70.6. The highest BCUT2D eigenvalue weighted by atomic mass is 31.2. The minimum absolute atomic E-state index is 0.108. The van der Waals surface area contributed by atoms with Crippen LogP contribution in [0.15, 0.2) is 0 Å². The molecule has 582 valence electrons. The quantitative estimate of drug-likeness (QED) is 0.0222. The third-order valence-electron chi connectivity index (χ3n) is 18.5. The van der Waals surface area contributed by atoms with Crippen molar-refractivity contribution >= 4 is 39.5 Å². The Morgan fingerprint density at radius 1 is 0.276 bits per heavy atom. The van der Waals surface area contributed by atoms with Gasteiger partial charge in [-0.05, 0) is 31.6 Å². The van der Waals surface area contributed by atoms with Crippen molar-refractivity contribution in [2.75, 3.05) is 39.6 Å². The summed E-state index contributed by atoms with van der Waals surface area (Å²) in [6.07, 6.45) is 62.4. The van der Waals surface area contributed by atoms with Gasteiger partial charge in [0.25, 0.3) is 0 Å². The number of rotatable bonds is 79. The van der Waals surface area contributed by atoms with Crippen molar-refractivity contribution in [2.24, 2.45) is 5.92 Å². The Hall–Kier alpha value is -1.94. The second-order valence-electron chi connectivity index (χ2n) is 28.9. The molecule has 0 amide bonds. The van der Waals surface area contributed by atoms with Crippen molar-refractivity contribution in [3.63, 3.8) is 0 Å². The molecule has 0 saturated heterocycles. The normalized spacial score (nSPS) is 13.9. The van der Waals surface area contributed by atoms with E-state index in [4.69, 9.17) is 37.0 Å². The molecule has 0 heterocycles. The molecule has 2 unspecified atom stereocenters. The van der Waals surface area contributed by atoms with Crippen molar-refractivity contribution in [1.82, 2.24) is 0 Å². The highest BCUT2D eigenvalue weighted by Gasteiger charge is 2.30. The van der Waals surface area contributed by atoms with Gasteiger partial charge in [0, 0.05) is 25.7 Å². The van der Waals surface area contributed by atoms with Gasteiger partial charge in [-0.15, -0.1) is 0 Å². The standard InChI is InChI=1S/C79H154O17P2/c1-6-9-12-15-18-21-24-26-27-28-29-30-31-32-33-35-38-45-50-55-60-65-79(84)96-75(69-90-77(82)63-58-53-48-43-40-39-41-46-51-56-61-72(4)5)71-94-98(87,88)92-67-73(80)66-91-97(85,86)93-70-74(68-89-76(81)62-57-52-47-42-36-23-20-17-14-11-8-3)95-78(83)64-59-54-49-44-37-34-25-22-19-16-13-10-7-2/h72-75,80H,6-71H2,1-5H3,(H,85,86)(H,87,88)/t73-,74+,75+/m0/s1.